The first kappa shape index (κ1) is 15.4. The summed E-state index contributed by atoms with van der Waals surface area (Å²) < 4.78 is 10.1. The van der Waals surface area contributed by atoms with E-state index in [4.69, 9.17) is 9.26 Å². The number of carbonyl (C=O) groups excluding carboxylic acids is 1. The molecule has 1 aromatic heterocycles. The number of nitro groups is 1. The molecule has 2 rings (SSSR count). The molecule has 0 amide bonds. The number of aromatic nitrogens is 1. The van der Waals surface area contributed by atoms with Gasteiger partial charge in [-0.2, -0.15) is 0 Å². The summed E-state index contributed by atoms with van der Waals surface area (Å²) in [6.45, 7) is 3.60. The van der Waals surface area contributed by atoms with Gasteiger partial charge in [-0.25, -0.2) is 4.79 Å². The topological polar surface area (TPSA) is 95.5 Å². The van der Waals surface area contributed by atoms with Gasteiger partial charge in [0.1, 0.15) is 12.4 Å². The maximum Gasteiger partial charge on any atom is 0.331 e. The van der Waals surface area contributed by atoms with Crippen LogP contribution in [0.2, 0.25) is 0 Å². The number of non-ortho nitro benzene ring substituents is 1. The highest BCUT2D eigenvalue weighted by Crippen LogP contribution is 2.14. The zero-order valence-corrected chi connectivity index (χ0v) is 12.1. The number of benzene rings is 1. The Kier molecular flexibility index (Phi) is 4.67. The molecule has 22 heavy (non-hydrogen) atoms. The van der Waals surface area contributed by atoms with Gasteiger partial charge in [0.05, 0.1) is 16.2 Å². The molecule has 0 aliphatic rings. The Balaban J connectivity index is 1.92. The van der Waals surface area contributed by atoms with Crippen molar-refractivity contribution in [3.05, 3.63) is 63.0 Å². The fourth-order valence-electron chi connectivity index (χ4n) is 1.77. The summed E-state index contributed by atoms with van der Waals surface area (Å²) in [6.07, 6.45) is 2.79. The second-order valence-electron chi connectivity index (χ2n) is 4.59. The maximum atomic E-state index is 11.6. The van der Waals surface area contributed by atoms with E-state index in [0.717, 1.165) is 5.56 Å². The number of esters is 1. The first-order valence-corrected chi connectivity index (χ1v) is 6.48. The zero-order valence-electron chi connectivity index (χ0n) is 12.1. The van der Waals surface area contributed by atoms with Crippen LogP contribution in [0.25, 0.3) is 6.08 Å². The minimum atomic E-state index is -0.515. The second-order valence-corrected chi connectivity index (χ2v) is 4.59. The molecule has 0 saturated carbocycles. The molecular weight excluding hydrogens is 288 g/mol. The van der Waals surface area contributed by atoms with Crippen LogP contribution in [-0.2, 0) is 16.1 Å². The second kappa shape index (κ2) is 6.66. The molecule has 1 aromatic carbocycles. The van der Waals surface area contributed by atoms with Gasteiger partial charge in [-0.05, 0) is 37.6 Å². The number of rotatable bonds is 5. The smallest absolute Gasteiger partial charge is 0.331 e. The van der Waals surface area contributed by atoms with Gasteiger partial charge in [0.15, 0.2) is 0 Å². The first-order valence-electron chi connectivity index (χ1n) is 6.48. The Bertz CT molecular complexity index is 697. The van der Waals surface area contributed by atoms with E-state index in [2.05, 4.69) is 5.16 Å². The van der Waals surface area contributed by atoms with Crippen LogP contribution in [0.5, 0.6) is 0 Å². The molecule has 0 fully saturated rings. The maximum absolute atomic E-state index is 11.6. The SMILES string of the molecule is Cc1noc(C)c1COC(=O)C=Cc1ccc([N+](=O)[O-])cc1. The number of hydrogen-bond donors (Lipinski definition) is 0. The molecule has 0 radical (unpaired) electrons. The largest absolute Gasteiger partial charge is 0.457 e. The van der Waals surface area contributed by atoms with E-state index >= 15 is 0 Å². The van der Waals surface area contributed by atoms with E-state index < -0.39 is 10.9 Å². The Hall–Kier alpha value is -2.96. The van der Waals surface area contributed by atoms with Gasteiger partial charge >= 0.3 is 5.97 Å². The molecule has 114 valence electrons. The Morgan fingerprint density at radius 1 is 1.36 bits per heavy atom. The van der Waals surface area contributed by atoms with Gasteiger partial charge in [0.2, 0.25) is 0 Å². The number of carbonyl (C=O) groups is 1. The standard InChI is InChI=1S/C15H14N2O5/c1-10-14(11(2)22-16-10)9-21-15(18)8-5-12-3-6-13(7-4-12)17(19)20/h3-8H,9H2,1-2H3. The normalized spacial score (nSPS) is 10.8. The van der Waals surface area contributed by atoms with Gasteiger partial charge in [-0.3, -0.25) is 10.1 Å². The van der Waals surface area contributed by atoms with Crippen LogP contribution in [0.15, 0.2) is 34.9 Å². The average molecular weight is 302 g/mol. The van der Waals surface area contributed by atoms with Crippen molar-refractivity contribution in [1.29, 1.82) is 0 Å². The molecule has 2 aromatic rings. The minimum absolute atomic E-state index is 0.00173. The lowest BCUT2D eigenvalue weighted by Gasteiger charge is -2.01. The number of nitro benzene ring substituents is 1. The van der Waals surface area contributed by atoms with Crippen LogP contribution < -0.4 is 0 Å². The van der Waals surface area contributed by atoms with Crippen molar-refractivity contribution in [2.75, 3.05) is 0 Å². The van der Waals surface area contributed by atoms with Gasteiger partial charge in [-0.15, -0.1) is 0 Å². The van der Waals surface area contributed by atoms with Gasteiger partial charge in [0.25, 0.3) is 5.69 Å². The van der Waals surface area contributed by atoms with E-state index in [1.807, 2.05) is 0 Å². The van der Waals surface area contributed by atoms with Crippen LogP contribution >= 0.6 is 0 Å². The highest BCUT2D eigenvalue weighted by Gasteiger charge is 2.10. The minimum Gasteiger partial charge on any atom is -0.457 e. The Morgan fingerprint density at radius 2 is 2.05 bits per heavy atom. The van der Waals surface area contributed by atoms with Crippen molar-refractivity contribution >= 4 is 17.7 Å². The number of aryl methyl sites for hydroxylation is 2. The van der Waals surface area contributed by atoms with E-state index in [1.165, 1.54) is 24.3 Å². The monoisotopic (exact) mass is 302 g/mol. The first-order chi connectivity index (χ1) is 10.5. The predicted octanol–water partition coefficient (Wildman–Crippen LogP) is 2.96. The molecule has 0 spiro atoms. The van der Waals surface area contributed by atoms with Crippen molar-refractivity contribution in [3.63, 3.8) is 0 Å². The average Bonchev–Trinajstić information content (AvgIpc) is 2.82. The molecule has 0 aliphatic heterocycles. The Morgan fingerprint density at radius 3 is 2.59 bits per heavy atom. The molecule has 0 saturated heterocycles. The summed E-state index contributed by atoms with van der Waals surface area (Å²) in [7, 11) is 0. The van der Waals surface area contributed by atoms with Gasteiger partial charge in [-0.1, -0.05) is 5.16 Å². The van der Waals surface area contributed by atoms with E-state index in [0.29, 0.717) is 17.0 Å². The summed E-state index contributed by atoms with van der Waals surface area (Å²) in [4.78, 5) is 21.7. The lowest BCUT2D eigenvalue weighted by molar-refractivity contribution is -0.384. The van der Waals surface area contributed by atoms with E-state index in [9.17, 15) is 14.9 Å². The summed E-state index contributed by atoms with van der Waals surface area (Å²) in [5, 5.41) is 14.3. The molecule has 0 unspecified atom stereocenters. The summed E-state index contributed by atoms with van der Waals surface area (Å²) in [6, 6.07) is 5.84. The predicted molar refractivity (Wildman–Crippen MR) is 77.9 cm³/mol. The lowest BCUT2D eigenvalue weighted by atomic mass is 10.2. The van der Waals surface area contributed by atoms with Crippen LogP contribution in [0.1, 0.15) is 22.6 Å². The van der Waals surface area contributed by atoms with Crippen LogP contribution in [-0.4, -0.2) is 16.0 Å². The van der Waals surface area contributed by atoms with Gasteiger partial charge < -0.3 is 9.26 Å². The molecule has 0 N–H and O–H groups in total. The van der Waals surface area contributed by atoms with Crippen LogP contribution in [0.3, 0.4) is 0 Å². The lowest BCUT2D eigenvalue weighted by Crippen LogP contribution is -2.02. The molecule has 0 atom stereocenters. The number of nitrogens with zero attached hydrogens (tertiary/aromatic N) is 2. The van der Waals surface area contributed by atoms with Crippen molar-refractivity contribution in [2.24, 2.45) is 0 Å². The fourth-order valence-corrected chi connectivity index (χ4v) is 1.77. The highest BCUT2D eigenvalue weighted by molar-refractivity contribution is 5.87. The van der Waals surface area contributed by atoms with E-state index in [-0.39, 0.29) is 12.3 Å². The van der Waals surface area contributed by atoms with Crippen LogP contribution in [0, 0.1) is 24.0 Å². The fraction of sp³-hybridized carbons (Fsp3) is 0.200. The van der Waals surface area contributed by atoms with Crippen molar-refractivity contribution in [1.82, 2.24) is 5.16 Å². The molecular formula is C15H14N2O5. The zero-order chi connectivity index (χ0) is 16.1. The van der Waals surface area contributed by atoms with E-state index in [1.54, 1.807) is 26.0 Å². The summed E-state index contributed by atoms with van der Waals surface area (Å²) in [5.41, 5.74) is 2.10. The highest BCUT2D eigenvalue weighted by atomic mass is 16.6. The van der Waals surface area contributed by atoms with Crippen molar-refractivity contribution < 1.29 is 19.0 Å². The van der Waals surface area contributed by atoms with Crippen LogP contribution in [0.4, 0.5) is 5.69 Å². The quantitative estimate of drug-likeness (QED) is 0.364. The summed E-state index contributed by atoms with van der Waals surface area (Å²) >= 11 is 0. The molecule has 0 aliphatic carbocycles. The van der Waals surface area contributed by atoms with Gasteiger partial charge in [0, 0.05) is 18.2 Å². The summed E-state index contributed by atoms with van der Waals surface area (Å²) in [5.74, 6) is 0.100. The van der Waals surface area contributed by atoms with Crippen molar-refractivity contribution in [2.45, 2.75) is 20.5 Å². The molecule has 7 nitrogen and oxygen atoms in total. The third-order valence-electron chi connectivity index (χ3n) is 3.06. The Labute approximate surface area is 126 Å². The van der Waals surface area contributed by atoms with Crippen molar-refractivity contribution in [3.8, 4) is 0 Å². The molecule has 1 heterocycles. The number of hydrogen-bond acceptors (Lipinski definition) is 6. The number of ether oxygens (including phenoxy) is 1. The third kappa shape index (κ3) is 3.78. The molecule has 0 bridgehead atoms. The molecule has 7 heteroatoms. The third-order valence-corrected chi connectivity index (χ3v) is 3.06.